The highest BCUT2D eigenvalue weighted by molar-refractivity contribution is 5.76. The van der Waals surface area contributed by atoms with E-state index < -0.39 is 0 Å². The average molecular weight is 307 g/mol. The summed E-state index contributed by atoms with van der Waals surface area (Å²) in [5, 5.41) is 9.29. The van der Waals surface area contributed by atoms with Gasteiger partial charge in [0.2, 0.25) is 5.91 Å². The second-order valence-corrected chi connectivity index (χ2v) is 5.67. The number of hydrogen-bond donors (Lipinski definition) is 1. The highest BCUT2D eigenvalue weighted by atomic mass is 16.5. The van der Waals surface area contributed by atoms with Crippen LogP contribution in [-0.4, -0.2) is 54.9 Å². The summed E-state index contributed by atoms with van der Waals surface area (Å²) in [7, 11) is 0. The number of carbonyl (C=O) groups excluding carboxylic acids is 1. The molecule has 1 heterocycles. The number of nitrogens with zero attached hydrogens (tertiary/aromatic N) is 1. The van der Waals surface area contributed by atoms with E-state index in [9.17, 15) is 9.90 Å². The monoisotopic (exact) mass is 307 g/mol. The lowest BCUT2D eigenvalue weighted by atomic mass is 10.1. The molecule has 1 aliphatic rings. The molecule has 1 fully saturated rings. The summed E-state index contributed by atoms with van der Waals surface area (Å²) in [5.41, 5.74) is 2.22. The van der Waals surface area contributed by atoms with E-state index >= 15 is 0 Å². The van der Waals surface area contributed by atoms with Gasteiger partial charge in [0.15, 0.2) is 0 Å². The summed E-state index contributed by atoms with van der Waals surface area (Å²) >= 11 is 0. The third-order valence-corrected chi connectivity index (χ3v) is 3.95. The van der Waals surface area contributed by atoms with Crippen LogP contribution in [0.5, 0.6) is 5.75 Å². The Morgan fingerprint density at radius 1 is 1.41 bits per heavy atom. The van der Waals surface area contributed by atoms with Gasteiger partial charge in [-0.25, -0.2) is 0 Å². The van der Waals surface area contributed by atoms with Crippen molar-refractivity contribution in [3.63, 3.8) is 0 Å². The molecule has 0 bridgehead atoms. The first-order valence-corrected chi connectivity index (χ1v) is 7.80. The first kappa shape index (κ1) is 16.8. The number of aliphatic hydroxyl groups is 1. The van der Waals surface area contributed by atoms with Crippen LogP contribution in [0, 0.1) is 13.8 Å². The molecular weight excluding hydrogens is 282 g/mol. The van der Waals surface area contributed by atoms with Gasteiger partial charge in [0.25, 0.3) is 0 Å². The Labute approximate surface area is 131 Å². The Hall–Kier alpha value is -1.59. The van der Waals surface area contributed by atoms with Crippen LogP contribution in [0.15, 0.2) is 18.2 Å². The normalized spacial score (nSPS) is 18.3. The number of hydrogen-bond acceptors (Lipinski definition) is 4. The zero-order valence-corrected chi connectivity index (χ0v) is 13.4. The SMILES string of the molecule is Cc1cccc(C)c1OCCCC(=O)N1CCOCC1CO. The van der Waals surface area contributed by atoms with Crippen molar-refractivity contribution in [3.05, 3.63) is 29.3 Å². The van der Waals surface area contributed by atoms with Crippen molar-refractivity contribution in [2.45, 2.75) is 32.7 Å². The number of morpholine rings is 1. The van der Waals surface area contributed by atoms with E-state index in [-0.39, 0.29) is 18.6 Å². The number of carbonyl (C=O) groups is 1. The molecule has 1 aromatic carbocycles. The van der Waals surface area contributed by atoms with Crippen molar-refractivity contribution in [2.24, 2.45) is 0 Å². The van der Waals surface area contributed by atoms with Crippen molar-refractivity contribution in [3.8, 4) is 5.75 Å². The number of aliphatic hydroxyl groups excluding tert-OH is 1. The molecule has 1 amide bonds. The first-order valence-electron chi connectivity index (χ1n) is 7.80. The summed E-state index contributed by atoms with van der Waals surface area (Å²) in [6.07, 6.45) is 1.10. The van der Waals surface area contributed by atoms with Crippen molar-refractivity contribution in [1.29, 1.82) is 0 Å². The van der Waals surface area contributed by atoms with E-state index in [0.29, 0.717) is 39.2 Å². The van der Waals surface area contributed by atoms with Gasteiger partial charge in [-0.2, -0.15) is 0 Å². The van der Waals surface area contributed by atoms with E-state index in [1.807, 2.05) is 32.0 Å². The minimum Gasteiger partial charge on any atom is -0.493 e. The smallest absolute Gasteiger partial charge is 0.223 e. The third kappa shape index (κ3) is 4.21. The van der Waals surface area contributed by atoms with Crippen molar-refractivity contribution < 1.29 is 19.4 Å². The maximum absolute atomic E-state index is 12.2. The van der Waals surface area contributed by atoms with Crippen LogP contribution < -0.4 is 4.74 Å². The van der Waals surface area contributed by atoms with Gasteiger partial charge in [-0.05, 0) is 31.4 Å². The Balaban J connectivity index is 1.77. The zero-order valence-electron chi connectivity index (χ0n) is 13.4. The topological polar surface area (TPSA) is 59.0 Å². The molecular formula is C17H25NO4. The van der Waals surface area contributed by atoms with Crippen molar-refractivity contribution in [1.82, 2.24) is 4.90 Å². The molecule has 1 unspecified atom stereocenters. The first-order chi connectivity index (χ1) is 10.6. The molecule has 1 saturated heterocycles. The van der Waals surface area contributed by atoms with E-state index in [1.54, 1.807) is 4.90 Å². The lowest BCUT2D eigenvalue weighted by Gasteiger charge is -2.34. The molecule has 122 valence electrons. The molecule has 0 aromatic heterocycles. The van der Waals surface area contributed by atoms with E-state index in [2.05, 4.69) is 0 Å². The van der Waals surface area contributed by atoms with Crippen LogP contribution in [0.4, 0.5) is 0 Å². The molecule has 0 radical (unpaired) electrons. The third-order valence-electron chi connectivity index (χ3n) is 3.95. The van der Waals surface area contributed by atoms with Gasteiger partial charge < -0.3 is 19.5 Å². The Morgan fingerprint density at radius 3 is 2.82 bits per heavy atom. The minimum atomic E-state index is -0.208. The lowest BCUT2D eigenvalue weighted by molar-refractivity contribution is -0.141. The summed E-state index contributed by atoms with van der Waals surface area (Å²) < 4.78 is 11.1. The fraction of sp³-hybridized carbons (Fsp3) is 0.588. The molecule has 0 spiro atoms. The minimum absolute atomic E-state index is 0.0509. The molecule has 5 heteroatoms. The maximum atomic E-state index is 12.2. The van der Waals surface area contributed by atoms with Gasteiger partial charge in [-0.15, -0.1) is 0 Å². The highest BCUT2D eigenvalue weighted by Gasteiger charge is 2.26. The number of benzene rings is 1. The Kier molecular flexibility index (Phi) is 6.21. The average Bonchev–Trinajstić information content (AvgIpc) is 2.53. The number of aryl methyl sites for hydroxylation is 2. The summed E-state index contributed by atoms with van der Waals surface area (Å²) in [6.45, 7) is 6.03. The zero-order chi connectivity index (χ0) is 15.9. The molecule has 0 saturated carbocycles. The van der Waals surface area contributed by atoms with Crippen LogP contribution in [-0.2, 0) is 9.53 Å². The van der Waals surface area contributed by atoms with Crippen LogP contribution in [0.1, 0.15) is 24.0 Å². The van der Waals surface area contributed by atoms with E-state index in [0.717, 1.165) is 16.9 Å². The van der Waals surface area contributed by atoms with Crippen LogP contribution in [0.3, 0.4) is 0 Å². The largest absolute Gasteiger partial charge is 0.493 e. The summed E-state index contributed by atoms with van der Waals surface area (Å²) in [4.78, 5) is 13.9. The molecule has 1 N–H and O–H groups in total. The fourth-order valence-electron chi connectivity index (χ4n) is 2.70. The Bertz CT molecular complexity index is 483. The summed E-state index contributed by atoms with van der Waals surface area (Å²) in [6, 6.07) is 5.84. The van der Waals surface area contributed by atoms with Gasteiger partial charge in [-0.1, -0.05) is 18.2 Å². The van der Waals surface area contributed by atoms with Gasteiger partial charge in [0.05, 0.1) is 32.5 Å². The lowest BCUT2D eigenvalue weighted by Crippen LogP contribution is -2.50. The number of para-hydroxylation sites is 1. The predicted octanol–water partition coefficient (Wildman–Crippen LogP) is 1.68. The van der Waals surface area contributed by atoms with Crippen molar-refractivity contribution >= 4 is 5.91 Å². The highest BCUT2D eigenvalue weighted by Crippen LogP contribution is 2.22. The number of ether oxygens (including phenoxy) is 2. The van der Waals surface area contributed by atoms with Crippen LogP contribution >= 0.6 is 0 Å². The predicted molar refractivity (Wildman–Crippen MR) is 84.1 cm³/mol. The van der Waals surface area contributed by atoms with Gasteiger partial charge in [-0.3, -0.25) is 4.79 Å². The number of rotatable bonds is 6. The van der Waals surface area contributed by atoms with Crippen molar-refractivity contribution in [2.75, 3.05) is 33.0 Å². The molecule has 1 aliphatic heterocycles. The van der Waals surface area contributed by atoms with Gasteiger partial charge >= 0.3 is 0 Å². The fourth-order valence-corrected chi connectivity index (χ4v) is 2.70. The van der Waals surface area contributed by atoms with Crippen LogP contribution in [0.2, 0.25) is 0 Å². The maximum Gasteiger partial charge on any atom is 0.223 e. The summed E-state index contributed by atoms with van der Waals surface area (Å²) in [5.74, 6) is 0.974. The van der Waals surface area contributed by atoms with Gasteiger partial charge in [0.1, 0.15) is 5.75 Å². The molecule has 1 atom stereocenters. The van der Waals surface area contributed by atoms with Crippen LogP contribution in [0.25, 0.3) is 0 Å². The molecule has 22 heavy (non-hydrogen) atoms. The second kappa shape index (κ2) is 8.15. The standard InChI is InChI=1S/C17H25NO4/c1-13-5-3-6-14(2)17(13)22-9-4-7-16(20)18-8-10-21-12-15(18)11-19/h3,5-6,15,19H,4,7-12H2,1-2H3. The quantitative estimate of drug-likeness (QED) is 0.813. The van der Waals surface area contributed by atoms with E-state index in [1.165, 1.54) is 0 Å². The Morgan fingerprint density at radius 2 is 2.14 bits per heavy atom. The second-order valence-electron chi connectivity index (χ2n) is 5.67. The molecule has 5 nitrogen and oxygen atoms in total. The molecule has 0 aliphatic carbocycles. The molecule has 2 rings (SSSR count). The van der Waals surface area contributed by atoms with Gasteiger partial charge in [0, 0.05) is 13.0 Å². The number of amides is 1. The van der Waals surface area contributed by atoms with E-state index in [4.69, 9.17) is 9.47 Å². The molecule has 1 aromatic rings.